The minimum atomic E-state index is -0.146. The highest BCUT2D eigenvalue weighted by Gasteiger charge is 2.16. The van der Waals surface area contributed by atoms with Gasteiger partial charge in [0.05, 0.1) is 13.2 Å². The van der Waals surface area contributed by atoms with Crippen molar-refractivity contribution >= 4 is 5.78 Å². The van der Waals surface area contributed by atoms with Gasteiger partial charge in [0.2, 0.25) is 0 Å². The van der Waals surface area contributed by atoms with Gasteiger partial charge in [-0.15, -0.1) is 6.58 Å². The summed E-state index contributed by atoms with van der Waals surface area (Å²) in [6.07, 6.45) is 4.23. The van der Waals surface area contributed by atoms with E-state index in [1.54, 1.807) is 6.08 Å². The minimum absolute atomic E-state index is 0.146. The Balaban J connectivity index is 2.03. The third-order valence-corrected chi connectivity index (χ3v) is 1.98. The van der Waals surface area contributed by atoms with E-state index >= 15 is 0 Å². The van der Waals surface area contributed by atoms with Gasteiger partial charge in [-0.1, -0.05) is 6.08 Å². The maximum absolute atomic E-state index is 11.2. The molecule has 0 aliphatic carbocycles. The number of hydrogen-bond donors (Lipinski definition) is 0. The first-order chi connectivity index (χ1) is 6.33. The molecule has 0 amide bonds. The zero-order valence-corrected chi connectivity index (χ0v) is 7.83. The molecule has 0 N–H and O–H groups in total. The number of Topliss-reactive ketones (excluding diaryl/α,β-unsaturated/α-hetero) is 1. The summed E-state index contributed by atoms with van der Waals surface area (Å²) in [6, 6.07) is 0. The first-order valence-electron chi connectivity index (χ1n) is 4.68. The fourth-order valence-electron chi connectivity index (χ4n) is 1.24. The van der Waals surface area contributed by atoms with Crippen LogP contribution in [0.2, 0.25) is 0 Å². The van der Waals surface area contributed by atoms with Crippen molar-refractivity contribution in [2.45, 2.75) is 32.0 Å². The summed E-state index contributed by atoms with van der Waals surface area (Å²) in [6.45, 7) is 4.89. The highest BCUT2D eigenvalue weighted by molar-refractivity contribution is 5.78. The second-order valence-corrected chi connectivity index (χ2v) is 3.08. The number of allylic oxidation sites excluding steroid dienone is 1. The molecule has 1 rings (SSSR count). The fourth-order valence-corrected chi connectivity index (χ4v) is 1.24. The van der Waals surface area contributed by atoms with Crippen LogP contribution in [0.3, 0.4) is 0 Å². The summed E-state index contributed by atoms with van der Waals surface area (Å²) < 4.78 is 10.4. The largest absolute Gasteiger partial charge is 0.350 e. The molecule has 0 saturated carbocycles. The fraction of sp³-hybridized carbons (Fsp3) is 0.700. The highest BCUT2D eigenvalue weighted by Crippen LogP contribution is 2.11. The molecule has 1 fully saturated rings. The number of carbonyl (C=O) groups is 1. The van der Waals surface area contributed by atoms with Crippen LogP contribution in [0, 0.1) is 0 Å². The normalized spacial score (nSPS) is 17.5. The van der Waals surface area contributed by atoms with E-state index in [1.165, 1.54) is 0 Å². The van der Waals surface area contributed by atoms with Gasteiger partial charge in [-0.2, -0.15) is 0 Å². The average molecular weight is 184 g/mol. The van der Waals surface area contributed by atoms with Gasteiger partial charge in [0.25, 0.3) is 0 Å². The highest BCUT2D eigenvalue weighted by atomic mass is 16.7. The summed E-state index contributed by atoms with van der Waals surface area (Å²) in [4.78, 5) is 11.2. The molecule has 0 aromatic carbocycles. The van der Waals surface area contributed by atoms with Gasteiger partial charge in [-0.25, -0.2) is 0 Å². The van der Waals surface area contributed by atoms with Crippen molar-refractivity contribution in [2.24, 2.45) is 0 Å². The van der Waals surface area contributed by atoms with E-state index in [-0.39, 0.29) is 12.1 Å². The molecular weight excluding hydrogens is 168 g/mol. The van der Waals surface area contributed by atoms with Crippen molar-refractivity contribution in [1.82, 2.24) is 0 Å². The van der Waals surface area contributed by atoms with Crippen LogP contribution < -0.4 is 0 Å². The van der Waals surface area contributed by atoms with Crippen molar-refractivity contribution in [3.05, 3.63) is 12.7 Å². The third kappa shape index (κ3) is 4.20. The topological polar surface area (TPSA) is 35.5 Å². The lowest BCUT2D eigenvalue weighted by molar-refractivity contribution is -0.121. The van der Waals surface area contributed by atoms with Crippen LogP contribution in [-0.4, -0.2) is 25.3 Å². The van der Waals surface area contributed by atoms with Crippen molar-refractivity contribution in [1.29, 1.82) is 0 Å². The SMILES string of the molecule is C=CCCC(=O)CCC1OCCO1. The Morgan fingerprint density at radius 2 is 2.08 bits per heavy atom. The molecule has 1 heterocycles. The number of hydrogen-bond acceptors (Lipinski definition) is 3. The Hall–Kier alpha value is -0.670. The predicted molar refractivity (Wildman–Crippen MR) is 49.4 cm³/mol. The van der Waals surface area contributed by atoms with Crippen molar-refractivity contribution < 1.29 is 14.3 Å². The predicted octanol–water partition coefficient (Wildman–Crippen LogP) is 1.67. The average Bonchev–Trinajstić information content (AvgIpc) is 2.64. The van der Waals surface area contributed by atoms with Crippen LogP contribution in [0.5, 0.6) is 0 Å². The van der Waals surface area contributed by atoms with Gasteiger partial charge < -0.3 is 9.47 Å². The molecule has 13 heavy (non-hydrogen) atoms. The lowest BCUT2D eigenvalue weighted by atomic mass is 10.1. The summed E-state index contributed by atoms with van der Waals surface area (Å²) in [5.41, 5.74) is 0. The maximum Gasteiger partial charge on any atom is 0.158 e. The van der Waals surface area contributed by atoms with E-state index in [1.807, 2.05) is 0 Å². The zero-order chi connectivity index (χ0) is 9.52. The molecule has 0 bridgehead atoms. The molecule has 3 heteroatoms. The number of rotatable bonds is 6. The molecule has 1 aliphatic heterocycles. The van der Waals surface area contributed by atoms with Gasteiger partial charge >= 0.3 is 0 Å². The Labute approximate surface area is 78.7 Å². The van der Waals surface area contributed by atoms with E-state index < -0.39 is 0 Å². The lowest BCUT2D eigenvalue weighted by Gasteiger charge is -2.06. The molecule has 1 aliphatic rings. The van der Waals surface area contributed by atoms with Crippen LogP contribution in [0.25, 0.3) is 0 Å². The summed E-state index contributed by atoms with van der Waals surface area (Å²) >= 11 is 0. The molecule has 0 unspecified atom stereocenters. The molecular formula is C10H16O3. The Morgan fingerprint density at radius 3 is 2.69 bits per heavy atom. The van der Waals surface area contributed by atoms with E-state index in [4.69, 9.17) is 9.47 Å². The summed E-state index contributed by atoms with van der Waals surface area (Å²) in [7, 11) is 0. The smallest absolute Gasteiger partial charge is 0.158 e. The van der Waals surface area contributed by atoms with Gasteiger partial charge in [-0.05, 0) is 6.42 Å². The number of carbonyl (C=O) groups excluding carboxylic acids is 1. The molecule has 0 aromatic heterocycles. The first-order valence-corrected chi connectivity index (χ1v) is 4.68. The Morgan fingerprint density at radius 1 is 1.38 bits per heavy atom. The second-order valence-electron chi connectivity index (χ2n) is 3.08. The van der Waals surface area contributed by atoms with Crippen LogP contribution in [0.4, 0.5) is 0 Å². The standard InChI is InChI=1S/C10H16O3/c1-2-3-4-9(11)5-6-10-12-7-8-13-10/h2,10H,1,3-8H2. The van der Waals surface area contributed by atoms with Crippen LogP contribution >= 0.6 is 0 Å². The lowest BCUT2D eigenvalue weighted by Crippen LogP contribution is -2.10. The molecule has 0 spiro atoms. The molecule has 0 atom stereocenters. The second kappa shape index (κ2) is 5.89. The molecule has 3 nitrogen and oxygen atoms in total. The van der Waals surface area contributed by atoms with Crippen molar-refractivity contribution in [3.63, 3.8) is 0 Å². The molecule has 74 valence electrons. The zero-order valence-electron chi connectivity index (χ0n) is 7.83. The van der Waals surface area contributed by atoms with Crippen LogP contribution in [0.1, 0.15) is 25.7 Å². The minimum Gasteiger partial charge on any atom is -0.350 e. The van der Waals surface area contributed by atoms with Crippen LogP contribution in [-0.2, 0) is 14.3 Å². The number of ketones is 1. The number of ether oxygens (including phenoxy) is 2. The van der Waals surface area contributed by atoms with Gasteiger partial charge in [0.1, 0.15) is 5.78 Å². The quantitative estimate of drug-likeness (QED) is 0.589. The van der Waals surface area contributed by atoms with E-state index in [0.717, 1.165) is 6.42 Å². The summed E-state index contributed by atoms with van der Waals surface area (Å²) in [5.74, 6) is 0.263. The molecule has 1 saturated heterocycles. The molecule has 0 aromatic rings. The molecule has 0 radical (unpaired) electrons. The van der Waals surface area contributed by atoms with E-state index in [0.29, 0.717) is 32.5 Å². The first kappa shape index (κ1) is 10.4. The third-order valence-electron chi connectivity index (χ3n) is 1.98. The summed E-state index contributed by atoms with van der Waals surface area (Å²) in [5, 5.41) is 0. The Bertz CT molecular complexity index is 171. The Kier molecular flexibility index (Phi) is 4.72. The van der Waals surface area contributed by atoms with E-state index in [2.05, 4.69) is 6.58 Å². The monoisotopic (exact) mass is 184 g/mol. The van der Waals surface area contributed by atoms with Gasteiger partial charge in [-0.3, -0.25) is 4.79 Å². The van der Waals surface area contributed by atoms with Crippen molar-refractivity contribution in [2.75, 3.05) is 13.2 Å². The van der Waals surface area contributed by atoms with Gasteiger partial charge in [0, 0.05) is 19.3 Å². The maximum atomic E-state index is 11.2. The van der Waals surface area contributed by atoms with Crippen molar-refractivity contribution in [3.8, 4) is 0 Å². The van der Waals surface area contributed by atoms with E-state index in [9.17, 15) is 4.79 Å². The van der Waals surface area contributed by atoms with Gasteiger partial charge in [0.15, 0.2) is 6.29 Å². The van der Waals surface area contributed by atoms with Crippen LogP contribution in [0.15, 0.2) is 12.7 Å².